The van der Waals surface area contributed by atoms with E-state index < -0.39 is 7.69 Å². The van der Waals surface area contributed by atoms with E-state index in [1.165, 1.54) is 12.1 Å². The van der Waals surface area contributed by atoms with Gasteiger partial charge in [0.1, 0.15) is 0 Å². The SMILES string of the molecule is CP(F)(F)(F)n1cccc1. The first-order valence-corrected chi connectivity index (χ1v) is 4.98. The van der Waals surface area contributed by atoms with Crippen LogP contribution < -0.4 is 0 Å². The zero-order valence-electron chi connectivity index (χ0n) is 5.34. The third-order valence-corrected chi connectivity index (χ3v) is 2.33. The van der Waals surface area contributed by atoms with Crippen molar-refractivity contribution in [1.82, 2.24) is 4.34 Å². The van der Waals surface area contributed by atoms with E-state index in [2.05, 4.69) is 0 Å². The van der Waals surface area contributed by atoms with E-state index in [1.54, 1.807) is 0 Å². The van der Waals surface area contributed by atoms with Crippen molar-refractivity contribution in [2.75, 3.05) is 6.66 Å². The summed E-state index contributed by atoms with van der Waals surface area (Å²) in [7, 11) is -6.02. The van der Waals surface area contributed by atoms with Gasteiger partial charge in [0.15, 0.2) is 0 Å². The Morgan fingerprint density at radius 1 is 1.10 bits per heavy atom. The van der Waals surface area contributed by atoms with E-state index in [0.717, 1.165) is 12.4 Å². The Bertz CT molecular complexity index is 214. The van der Waals surface area contributed by atoms with Gasteiger partial charge in [0.05, 0.1) is 0 Å². The molecule has 0 bridgehead atoms. The van der Waals surface area contributed by atoms with Crippen LogP contribution in [0, 0.1) is 0 Å². The van der Waals surface area contributed by atoms with Crippen LogP contribution in [0.4, 0.5) is 12.6 Å². The van der Waals surface area contributed by atoms with Gasteiger partial charge < -0.3 is 0 Å². The topological polar surface area (TPSA) is 4.93 Å². The van der Waals surface area contributed by atoms with Crippen molar-refractivity contribution in [3.05, 3.63) is 24.5 Å². The number of hydrogen-bond acceptors (Lipinski definition) is 0. The molecular formula is C5H7F3NP. The van der Waals surface area contributed by atoms with Crippen molar-refractivity contribution >= 4 is 7.69 Å². The van der Waals surface area contributed by atoms with E-state index in [-0.39, 0.29) is 0 Å². The number of hydrogen-bond donors (Lipinski definition) is 0. The van der Waals surface area contributed by atoms with Crippen LogP contribution in [-0.4, -0.2) is 11.0 Å². The van der Waals surface area contributed by atoms with Crippen LogP contribution in [0.5, 0.6) is 0 Å². The molecule has 0 saturated carbocycles. The van der Waals surface area contributed by atoms with Gasteiger partial charge in [-0.2, -0.15) is 0 Å². The molecule has 0 aliphatic rings. The van der Waals surface area contributed by atoms with E-state index in [9.17, 15) is 12.6 Å². The average Bonchev–Trinajstić information content (AvgIpc) is 2.04. The van der Waals surface area contributed by atoms with Crippen LogP contribution in [0.2, 0.25) is 0 Å². The molecule has 0 unspecified atom stereocenters. The quantitative estimate of drug-likeness (QED) is 0.569. The maximum atomic E-state index is 12.4. The molecule has 1 heterocycles. The zero-order chi connectivity index (χ0) is 7.85. The number of nitrogens with zero attached hydrogens (tertiary/aromatic N) is 1. The summed E-state index contributed by atoms with van der Waals surface area (Å²) in [5, 5.41) is 0. The third-order valence-electron chi connectivity index (χ3n) is 1.08. The third kappa shape index (κ3) is 1.51. The molecule has 0 aliphatic carbocycles. The predicted molar refractivity (Wildman–Crippen MR) is 36.0 cm³/mol. The molecule has 0 aliphatic heterocycles. The molecule has 0 spiro atoms. The summed E-state index contributed by atoms with van der Waals surface area (Å²) in [5.74, 6) is 0. The summed E-state index contributed by atoms with van der Waals surface area (Å²) in [6.07, 6.45) is 2.05. The van der Waals surface area contributed by atoms with Crippen LogP contribution in [0.3, 0.4) is 0 Å². The molecule has 0 aromatic carbocycles. The van der Waals surface area contributed by atoms with Gasteiger partial charge in [-0.3, -0.25) is 0 Å². The van der Waals surface area contributed by atoms with E-state index in [1.807, 2.05) is 0 Å². The summed E-state index contributed by atoms with van der Waals surface area (Å²) in [6, 6.07) is 2.73. The van der Waals surface area contributed by atoms with Crippen LogP contribution in [0.15, 0.2) is 24.5 Å². The Hall–Kier alpha value is -0.500. The standard InChI is InChI=1S/C5H7F3NP/c1-10(6,7,8)9-4-2-3-5-9/h2-5H,1H3. The molecule has 0 radical (unpaired) electrons. The molecule has 0 N–H and O–H groups in total. The van der Waals surface area contributed by atoms with Crippen molar-refractivity contribution in [3.63, 3.8) is 0 Å². The van der Waals surface area contributed by atoms with Crippen LogP contribution in [0.25, 0.3) is 0 Å². The fourth-order valence-corrected chi connectivity index (χ4v) is 1.33. The monoisotopic (exact) mass is 169 g/mol. The second-order valence-corrected chi connectivity index (χ2v) is 4.90. The Kier molecular flexibility index (Phi) is 1.34. The molecule has 58 valence electrons. The Morgan fingerprint density at radius 3 is 1.70 bits per heavy atom. The molecule has 0 atom stereocenters. The fraction of sp³-hybridized carbons (Fsp3) is 0.200. The van der Waals surface area contributed by atoms with Crippen LogP contribution >= 0.6 is 7.69 Å². The fourth-order valence-electron chi connectivity index (χ4n) is 0.610. The number of halogens is 3. The zero-order valence-corrected chi connectivity index (χ0v) is 6.23. The molecule has 0 fully saturated rings. The molecule has 5 heteroatoms. The van der Waals surface area contributed by atoms with Gasteiger partial charge in [-0.15, -0.1) is 0 Å². The van der Waals surface area contributed by atoms with Crippen LogP contribution in [-0.2, 0) is 0 Å². The Labute approximate surface area is 56.8 Å². The Balaban J connectivity index is 3.09. The van der Waals surface area contributed by atoms with E-state index in [4.69, 9.17) is 0 Å². The Morgan fingerprint density at radius 2 is 1.50 bits per heavy atom. The van der Waals surface area contributed by atoms with Crippen molar-refractivity contribution in [2.45, 2.75) is 0 Å². The molecule has 10 heavy (non-hydrogen) atoms. The van der Waals surface area contributed by atoms with Gasteiger partial charge in [-0.05, 0) is 0 Å². The van der Waals surface area contributed by atoms with Gasteiger partial charge in [-0.25, -0.2) is 0 Å². The van der Waals surface area contributed by atoms with E-state index >= 15 is 0 Å². The van der Waals surface area contributed by atoms with Gasteiger partial charge in [0.25, 0.3) is 0 Å². The van der Waals surface area contributed by atoms with Crippen molar-refractivity contribution < 1.29 is 12.6 Å². The van der Waals surface area contributed by atoms with Gasteiger partial charge in [0, 0.05) is 0 Å². The number of rotatable bonds is 1. The first kappa shape index (κ1) is 7.61. The summed E-state index contributed by atoms with van der Waals surface area (Å²) in [6.45, 7) is 0.339. The molecular weight excluding hydrogens is 162 g/mol. The minimum absolute atomic E-state index is 0.339. The first-order chi connectivity index (χ1) is 4.36. The molecule has 0 saturated heterocycles. The molecule has 0 amide bonds. The molecule has 1 rings (SSSR count). The van der Waals surface area contributed by atoms with Gasteiger partial charge >= 0.3 is 55.8 Å². The summed E-state index contributed by atoms with van der Waals surface area (Å²) in [5.41, 5.74) is 0. The average molecular weight is 169 g/mol. The summed E-state index contributed by atoms with van der Waals surface area (Å²) in [4.78, 5) is 0. The molecule has 1 nitrogen and oxygen atoms in total. The van der Waals surface area contributed by atoms with Crippen molar-refractivity contribution in [3.8, 4) is 0 Å². The minimum atomic E-state index is -6.02. The van der Waals surface area contributed by atoms with Crippen LogP contribution in [0.1, 0.15) is 0 Å². The van der Waals surface area contributed by atoms with Crippen molar-refractivity contribution in [2.24, 2.45) is 0 Å². The molecule has 1 aromatic heterocycles. The van der Waals surface area contributed by atoms with Gasteiger partial charge in [-0.1, -0.05) is 0 Å². The molecule has 1 aromatic rings. The van der Waals surface area contributed by atoms with E-state index in [0.29, 0.717) is 11.0 Å². The van der Waals surface area contributed by atoms with Gasteiger partial charge in [0.2, 0.25) is 0 Å². The second kappa shape index (κ2) is 1.76. The first-order valence-electron chi connectivity index (χ1n) is 2.67. The summed E-state index contributed by atoms with van der Waals surface area (Å²) < 4.78 is 37.5. The predicted octanol–water partition coefficient (Wildman–Crippen LogP) is 3.09. The second-order valence-electron chi connectivity index (χ2n) is 2.19. The number of aromatic nitrogens is 1. The van der Waals surface area contributed by atoms with Crippen molar-refractivity contribution in [1.29, 1.82) is 0 Å². The normalized spacial score (nSPS) is 16.2. The summed E-state index contributed by atoms with van der Waals surface area (Å²) >= 11 is 0. The maximum absolute atomic E-state index is 12.4.